The fraction of sp³-hybridized carbons (Fsp3) is 0.700. The largest absolute Gasteiger partial charge is 0.303 e. The van der Waals surface area contributed by atoms with Crippen LogP contribution in [0.2, 0.25) is 0 Å². The SMILES string of the molecule is C=C(Cl)CC1(C=O)CCCCC1. The van der Waals surface area contributed by atoms with Gasteiger partial charge >= 0.3 is 0 Å². The van der Waals surface area contributed by atoms with Crippen LogP contribution in [0.15, 0.2) is 11.6 Å². The van der Waals surface area contributed by atoms with E-state index in [1.165, 1.54) is 6.42 Å². The third kappa shape index (κ3) is 2.34. The van der Waals surface area contributed by atoms with Crippen LogP contribution in [0.3, 0.4) is 0 Å². The molecule has 1 rings (SSSR count). The van der Waals surface area contributed by atoms with Crippen molar-refractivity contribution in [1.29, 1.82) is 0 Å². The third-order valence-electron chi connectivity index (χ3n) is 2.64. The molecule has 0 aliphatic heterocycles. The Morgan fingerprint density at radius 3 is 2.42 bits per heavy atom. The highest BCUT2D eigenvalue weighted by atomic mass is 35.5. The lowest BCUT2D eigenvalue weighted by atomic mass is 9.73. The Morgan fingerprint density at radius 2 is 2.00 bits per heavy atom. The fourth-order valence-electron chi connectivity index (χ4n) is 1.97. The van der Waals surface area contributed by atoms with Gasteiger partial charge in [0.1, 0.15) is 6.29 Å². The van der Waals surface area contributed by atoms with Crippen molar-refractivity contribution in [3.63, 3.8) is 0 Å². The predicted molar refractivity (Wildman–Crippen MR) is 51.2 cm³/mol. The van der Waals surface area contributed by atoms with Gasteiger partial charge in [-0.1, -0.05) is 37.4 Å². The molecule has 1 aliphatic rings. The smallest absolute Gasteiger partial charge is 0.126 e. The summed E-state index contributed by atoms with van der Waals surface area (Å²) in [5.41, 5.74) is -0.170. The first-order valence-electron chi connectivity index (χ1n) is 4.48. The lowest BCUT2D eigenvalue weighted by Crippen LogP contribution is -2.25. The Labute approximate surface area is 78.8 Å². The normalized spacial score (nSPS) is 21.8. The van der Waals surface area contributed by atoms with Gasteiger partial charge in [-0.05, 0) is 19.3 Å². The van der Waals surface area contributed by atoms with Crippen molar-refractivity contribution in [3.05, 3.63) is 11.6 Å². The highest BCUT2D eigenvalue weighted by molar-refractivity contribution is 6.29. The summed E-state index contributed by atoms with van der Waals surface area (Å²) in [5, 5.41) is 0.615. The standard InChI is InChI=1S/C10H15ClO/c1-9(11)7-10(8-12)5-3-2-4-6-10/h8H,1-7H2. The fourth-order valence-corrected chi connectivity index (χ4v) is 2.24. The second kappa shape index (κ2) is 4.08. The van der Waals surface area contributed by atoms with Crippen molar-refractivity contribution in [1.82, 2.24) is 0 Å². The Morgan fingerprint density at radius 1 is 1.42 bits per heavy atom. The van der Waals surface area contributed by atoms with E-state index in [1.54, 1.807) is 0 Å². The minimum atomic E-state index is -0.170. The molecule has 0 heterocycles. The molecule has 0 aromatic rings. The van der Waals surface area contributed by atoms with Gasteiger partial charge in [0.25, 0.3) is 0 Å². The van der Waals surface area contributed by atoms with Crippen molar-refractivity contribution < 1.29 is 4.79 Å². The van der Waals surface area contributed by atoms with Gasteiger partial charge in [0, 0.05) is 10.4 Å². The van der Waals surface area contributed by atoms with E-state index in [2.05, 4.69) is 6.58 Å². The highest BCUT2D eigenvalue weighted by Crippen LogP contribution is 2.39. The van der Waals surface area contributed by atoms with Gasteiger partial charge in [-0.25, -0.2) is 0 Å². The van der Waals surface area contributed by atoms with Gasteiger partial charge in [-0.3, -0.25) is 0 Å². The number of hydrogen-bond donors (Lipinski definition) is 0. The van der Waals surface area contributed by atoms with Gasteiger partial charge in [0.2, 0.25) is 0 Å². The molecule has 0 radical (unpaired) electrons. The van der Waals surface area contributed by atoms with Crippen molar-refractivity contribution in [3.8, 4) is 0 Å². The van der Waals surface area contributed by atoms with Crippen LogP contribution in [0.1, 0.15) is 38.5 Å². The van der Waals surface area contributed by atoms with Crippen LogP contribution in [0.25, 0.3) is 0 Å². The van der Waals surface area contributed by atoms with Crippen LogP contribution in [0.4, 0.5) is 0 Å². The first kappa shape index (κ1) is 9.79. The molecule has 12 heavy (non-hydrogen) atoms. The molecule has 0 amide bonds. The molecule has 0 spiro atoms. The van der Waals surface area contributed by atoms with Crippen molar-refractivity contribution in [2.45, 2.75) is 38.5 Å². The van der Waals surface area contributed by atoms with E-state index in [-0.39, 0.29) is 5.41 Å². The maximum Gasteiger partial charge on any atom is 0.126 e. The molecule has 2 heteroatoms. The summed E-state index contributed by atoms with van der Waals surface area (Å²) in [7, 11) is 0. The summed E-state index contributed by atoms with van der Waals surface area (Å²) in [4.78, 5) is 10.9. The van der Waals surface area contributed by atoms with Crippen LogP contribution >= 0.6 is 11.6 Å². The molecular weight excluding hydrogens is 172 g/mol. The molecule has 0 atom stereocenters. The third-order valence-corrected chi connectivity index (χ3v) is 2.78. The quantitative estimate of drug-likeness (QED) is 0.619. The molecule has 0 bridgehead atoms. The molecule has 0 saturated heterocycles. The first-order chi connectivity index (χ1) is 5.68. The minimum absolute atomic E-state index is 0.170. The van der Waals surface area contributed by atoms with Crippen molar-refractivity contribution >= 4 is 17.9 Å². The number of carbonyl (C=O) groups is 1. The summed E-state index contributed by atoms with van der Waals surface area (Å²) in [6.07, 6.45) is 7.29. The number of allylic oxidation sites excluding steroid dienone is 1. The molecule has 1 aliphatic carbocycles. The number of carbonyl (C=O) groups excluding carboxylic acids is 1. The minimum Gasteiger partial charge on any atom is -0.303 e. The molecule has 0 unspecified atom stereocenters. The monoisotopic (exact) mass is 186 g/mol. The second-order valence-electron chi connectivity index (χ2n) is 3.73. The van der Waals surface area contributed by atoms with E-state index in [1.807, 2.05) is 0 Å². The molecule has 0 N–H and O–H groups in total. The molecule has 1 saturated carbocycles. The Bertz CT molecular complexity index is 180. The van der Waals surface area contributed by atoms with Crippen LogP contribution in [-0.4, -0.2) is 6.29 Å². The zero-order valence-corrected chi connectivity index (χ0v) is 8.07. The van der Waals surface area contributed by atoms with Crippen LogP contribution in [0, 0.1) is 5.41 Å². The first-order valence-corrected chi connectivity index (χ1v) is 4.86. The second-order valence-corrected chi connectivity index (χ2v) is 4.27. The molecular formula is C10H15ClO. The number of aldehydes is 1. The highest BCUT2D eigenvalue weighted by Gasteiger charge is 2.31. The van der Waals surface area contributed by atoms with Crippen LogP contribution < -0.4 is 0 Å². The average molecular weight is 187 g/mol. The van der Waals surface area contributed by atoms with Crippen LogP contribution in [0.5, 0.6) is 0 Å². The lowest BCUT2D eigenvalue weighted by Gasteiger charge is -2.31. The molecule has 1 fully saturated rings. The molecule has 1 nitrogen and oxygen atoms in total. The summed E-state index contributed by atoms with van der Waals surface area (Å²) < 4.78 is 0. The van der Waals surface area contributed by atoms with E-state index in [9.17, 15) is 4.79 Å². The summed E-state index contributed by atoms with van der Waals surface area (Å²) in [5.74, 6) is 0. The predicted octanol–water partition coefficient (Wildman–Crippen LogP) is 3.28. The summed E-state index contributed by atoms with van der Waals surface area (Å²) in [6, 6.07) is 0. The van der Waals surface area contributed by atoms with E-state index in [4.69, 9.17) is 11.6 Å². The van der Waals surface area contributed by atoms with Crippen LogP contribution in [-0.2, 0) is 4.79 Å². The number of rotatable bonds is 3. The molecule has 0 aromatic heterocycles. The van der Waals surface area contributed by atoms with E-state index < -0.39 is 0 Å². The Kier molecular flexibility index (Phi) is 3.33. The maximum atomic E-state index is 10.9. The Balaban J connectivity index is 2.59. The van der Waals surface area contributed by atoms with Gasteiger partial charge in [0.15, 0.2) is 0 Å². The van der Waals surface area contributed by atoms with Gasteiger partial charge < -0.3 is 4.79 Å². The zero-order valence-electron chi connectivity index (χ0n) is 7.31. The van der Waals surface area contributed by atoms with Gasteiger partial charge in [-0.2, -0.15) is 0 Å². The Hall–Kier alpha value is -0.300. The van der Waals surface area contributed by atoms with E-state index in [0.29, 0.717) is 11.5 Å². The summed E-state index contributed by atoms with van der Waals surface area (Å²) >= 11 is 5.73. The zero-order chi connectivity index (χ0) is 9.03. The summed E-state index contributed by atoms with van der Waals surface area (Å²) in [6.45, 7) is 3.65. The average Bonchev–Trinajstić information content (AvgIpc) is 2.05. The maximum absolute atomic E-state index is 10.9. The van der Waals surface area contributed by atoms with E-state index in [0.717, 1.165) is 32.0 Å². The number of halogens is 1. The molecule has 68 valence electrons. The topological polar surface area (TPSA) is 17.1 Å². The number of hydrogen-bond acceptors (Lipinski definition) is 1. The lowest BCUT2D eigenvalue weighted by molar-refractivity contribution is -0.117. The molecule has 0 aromatic carbocycles. The van der Waals surface area contributed by atoms with Crippen molar-refractivity contribution in [2.24, 2.45) is 5.41 Å². The van der Waals surface area contributed by atoms with Gasteiger partial charge in [-0.15, -0.1) is 0 Å². The van der Waals surface area contributed by atoms with Gasteiger partial charge in [0.05, 0.1) is 0 Å². The van der Waals surface area contributed by atoms with E-state index >= 15 is 0 Å². The van der Waals surface area contributed by atoms with Crippen molar-refractivity contribution in [2.75, 3.05) is 0 Å².